The molecule has 0 aliphatic carbocycles. The lowest BCUT2D eigenvalue weighted by molar-refractivity contribution is 0.628. The van der Waals surface area contributed by atoms with Crippen molar-refractivity contribution in [1.29, 1.82) is 0 Å². The SMILES string of the molecule is CCCCCCNc1nccc(-c2c(-c3ccc(F)cc3)nc3cc(CC)ccn23)n1. The molecule has 3 heterocycles. The zero-order valence-corrected chi connectivity index (χ0v) is 18.1. The number of hydrogen-bond donors (Lipinski definition) is 1. The van der Waals surface area contributed by atoms with Gasteiger partial charge in [-0.1, -0.05) is 33.1 Å². The van der Waals surface area contributed by atoms with Crippen molar-refractivity contribution in [3.8, 4) is 22.6 Å². The van der Waals surface area contributed by atoms with Crippen LogP contribution in [0, 0.1) is 5.82 Å². The van der Waals surface area contributed by atoms with E-state index in [0.29, 0.717) is 5.95 Å². The lowest BCUT2D eigenvalue weighted by Gasteiger charge is -2.09. The van der Waals surface area contributed by atoms with Crippen LogP contribution in [0.2, 0.25) is 0 Å². The zero-order valence-electron chi connectivity index (χ0n) is 18.1. The molecule has 160 valence electrons. The van der Waals surface area contributed by atoms with Crippen LogP contribution >= 0.6 is 0 Å². The van der Waals surface area contributed by atoms with Gasteiger partial charge >= 0.3 is 0 Å². The molecule has 0 fully saturated rings. The molecule has 5 nitrogen and oxygen atoms in total. The minimum atomic E-state index is -0.265. The maximum absolute atomic E-state index is 13.5. The van der Waals surface area contributed by atoms with Crippen molar-refractivity contribution in [2.24, 2.45) is 0 Å². The van der Waals surface area contributed by atoms with Crippen LogP contribution in [0.1, 0.15) is 45.1 Å². The van der Waals surface area contributed by atoms with Gasteiger partial charge in [-0.3, -0.25) is 4.40 Å². The maximum atomic E-state index is 13.5. The Bertz CT molecular complexity index is 1150. The molecule has 4 rings (SSSR count). The summed E-state index contributed by atoms with van der Waals surface area (Å²) in [5.74, 6) is 0.345. The van der Waals surface area contributed by atoms with E-state index >= 15 is 0 Å². The number of hydrogen-bond acceptors (Lipinski definition) is 4. The number of nitrogens with zero attached hydrogens (tertiary/aromatic N) is 4. The van der Waals surface area contributed by atoms with E-state index in [4.69, 9.17) is 9.97 Å². The number of pyridine rings is 1. The van der Waals surface area contributed by atoms with Gasteiger partial charge < -0.3 is 5.32 Å². The number of imidazole rings is 1. The Kier molecular flexibility index (Phi) is 6.55. The van der Waals surface area contributed by atoms with Gasteiger partial charge in [-0.25, -0.2) is 19.3 Å². The molecule has 0 saturated carbocycles. The molecule has 0 spiro atoms. The van der Waals surface area contributed by atoms with Crippen LogP contribution in [0.4, 0.5) is 10.3 Å². The third-order valence-electron chi connectivity index (χ3n) is 5.43. The van der Waals surface area contributed by atoms with Crippen LogP contribution in [0.5, 0.6) is 0 Å². The summed E-state index contributed by atoms with van der Waals surface area (Å²) < 4.78 is 15.6. The molecule has 0 atom stereocenters. The first kappa shape index (κ1) is 21.0. The summed E-state index contributed by atoms with van der Waals surface area (Å²) in [7, 11) is 0. The molecule has 0 aliphatic heterocycles. The predicted molar refractivity (Wildman–Crippen MR) is 124 cm³/mol. The molecule has 1 N–H and O–H groups in total. The Labute approximate surface area is 182 Å². The lowest BCUT2D eigenvalue weighted by atomic mass is 10.1. The number of aromatic nitrogens is 4. The number of halogens is 1. The Morgan fingerprint density at radius 2 is 1.81 bits per heavy atom. The molecule has 3 aromatic heterocycles. The molecule has 4 aromatic rings. The van der Waals surface area contributed by atoms with Gasteiger partial charge in [0, 0.05) is 24.5 Å². The summed E-state index contributed by atoms with van der Waals surface area (Å²) in [5, 5.41) is 3.34. The molecular formula is C25H28FN5. The highest BCUT2D eigenvalue weighted by Gasteiger charge is 2.18. The third-order valence-corrected chi connectivity index (χ3v) is 5.43. The molecular weight excluding hydrogens is 389 g/mol. The van der Waals surface area contributed by atoms with E-state index in [2.05, 4.69) is 36.3 Å². The van der Waals surface area contributed by atoms with E-state index in [-0.39, 0.29) is 5.82 Å². The number of aryl methyl sites for hydroxylation is 1. The van der Waals surface area contributed by atoms with E-state index in [9.17, 15) is 4.39 Å². The zero-order chi connectivity index (χ0) is 21.6. The molecule has 0 saturated heterocycles. The smallest absolute Gasteiger partial charge is 0.223 e. The van der Waals surface area contributed by atoms with Gasteiger partial charge in [0.1, 0.15) is 11.5 Å². The van der Waals surface area contributed by atoms with Crippen molar-refractivity contribution in [3.63, 3.8) is 0 Å². The van der Waals surface area contributed by atoms with Crippen molar-refractivity contribution in [2.75, 3.05) is 11.9 Å². The van der Waals surface area contributed by atoms with Gasteiger partial charge in [-0.05, 0) is 60.9 Å². The summed E-state index contributed by atoms with van der Waals surface area (Å²) in [6, 6.07) is 12.5. The Morgan fingerprint density at radius 3 is 2.58 bits per heavy atom. The Morgan fingerprint density at radius 1 is 0.968 bits per heavy atom. The number of fused-ring (bicyclic) bond motifs is 1. The van der Waals surface area contributed by atoms with E-state index in [1.54, 1.807) is 18.3 Å². The van der Waals surface area contributed by atoms with E-state index < -0.39 is 0 Å². The van der Waals surface area contributed by atoms with E-state index in [1.165, 1.54) is 37.0 Å². The predicted octanol–water partition coefficient (Wildman–Crippen LogP) is 6.15. The summed E-state index contributed by atoms with van der Waals surface area (Å²) in [6.45, 7) is 5.18. The highest BCUT2D eigenvalue weighted by molar-refractivity contribution is 5.80. The maximum Gasteiger partial charge on any atom is 0.223 e. The highest BCUT2D eigenvalue weighted by Crippen LogP contribution is 2.32. The van der Waals surface area contributed by atoms with Crippen LogP contribution in [-0.2, 0) is 6.42 Å². The van der Waals surface area contributed by atoms with Crippen LogP contribution in [0.3, 0.4) is 0 Å². The number of anilines is 1. The number of nitrogens with one attached hydrogen (secondary N) is 1. The van der Waals surface area contributed by atoms with Crippen molar-refractivity contribution < 1.29 is 4.39 Å². The minimum absolute atomic E-state index is 0.265. The quantitative estimate of drug-likeness (QED) is 0.332. The standard InChI is InChI=1S/C25H28FN5/c1-3-5-6-7-14-27-25-28-15-12-21(29-25)24-23(19-8-10-20(26)11-9-19)30-22-17-18(4-2)13-16-31(22)24/h8-13,15-17H,3-7,14H2,1-2H3,(H,27,28,29). The second-order valence-corrected chi connectivity index (χ2v) is 7.69. The van der Waals surface area contributed by atoms with E-state index in [0.717, 1.165) is 47.7 Å². The van der Waals surface area contributed by atoms with Crippen molar-refractivity contribution in [2.45, 2.75) is 46.0 Å². The second kappa shape index (κ2) is 9.69. The monoisotopic (exact) mass is 417 g/mol. The fourth-order valence-corrected chi connectivity index (χ4v) is 3.69. The normalized spacial score (nSPS) is 11.2. The summed E-state index contributed by atoms with van der Waals surface area (Å²) in [6.07, 6.45) is 9.48. The number of rotatable bonds is 9. The largest absolute Gasteiger partial charge is 0.354 e. The fraction of sp³-hybridized carbons (Fsp3) is 0.320. The molecule has 0 aliphatic rings. The minimum Gasteiger partial charge on any atom is -0.354 e. The lowest BCUT2D eigenvalue weighted by Crippen LogP contribution is -2.06. The average Bonchev–Trinajstić information content (AvgIpc) is 3.18. The fourth-order valence-electron chi connectivity index (χ4n) is 3.69. The summed E-state index contributed by atoms with van der Waals surface area (Å²) >= 11 is 0. The second-order valence-electron chi connectivity index (χ2n) is 7.69. The van der Waals surface area contributed by atoms with Gasteiger partial charge in [0.25, 0.3) is 0 Å². The van der Waals surface area contributed by atoms with Crippen molar-refractivity contribution >= 4 is 11.6 Å². The van der Waals surface area contributed by atoms with Crippen molar-refractivity contribution in [1.82, 2.24) is 19.4 Å². The van der Waals surface area contributed by atoms with Crippen LogP contribution < -0.4 is 5.32 Å². The highest BCUT2D eigenvalue weighted by atomic mass is 19.1. The number of benzene rings is 1. The Hall–Kier alpha value is -3.28. The first-order chi connectivity index (χ1) is 15.2. The molecule has 0 bridgehead atoms. The van der Waals surface area contributed by atoms with Crippen LogP contribution in [0.15, 0.2) is 54.9 Å². The molecule has 0 radical (unpaired) electrons. The number of unbranched alkanes of at least 4 members (excludes halogenated alkanes) is 3. The topological polar surface area (TPSA) is 55.1 Å². The molecule has 1 aromatic carbocycles. The van der Waals surface area contributed by atoms with Gasteiger partial charge in [0.05, 0.1) is 17.1 Å². The molecule has 31 heavy (non-hydrogen) atoms. The van der Waals surface area contributed by atoms with Gasteiger partial charge in [0.2, 0.25) is 5.95 Å². The first-order valence-corrected chi connectivity index (χ1v) is 11.0. The van der Waals surface area contributed by atoms with Gasteiger partial charge in [0.15, 0.2) is 0 Å². The molecule has 0 amide bonds. The third kappa shape index (κ3) is 4.74. The summed E-state index contributed by atoms with van der Waals surface area (Å²) in [4.78, 5) is 14.0. The van der Waals surface area contributed by atoms with E-state index in [1.807, 2.05) is 16.7 Å². The molecule has 0 unspecified atom stereocenters. The van der Waals surface area contributed by atoms with Crippen LogP contribution in [0.25, 0.3) is 28.3 Å². The molecule has 6 heteroatoms. The van der Waals surface area contributed by atoms with Crippen molar-refractivity contribution in [3.05, 3.63) is 66.2 Å². The first-order valence-electron chi connectivity index (χ1n) is 11.0. The van der Waals surface area contributed by atoms with Crippen LogP contribution in [-0.4, -0.2) is 25.9 Å². The average molecular weight is 418 g/mol. The summed E-state index contributed by atoms with van der Waals surface area (Å²) in [5.41, 5.74) is 5.35. The van der Waals surface area contributed by atoms with Gasteiger partial charge in [-0.15, -0.1) is 0 Å². The van der Waals surface area contributed by atoms with Gasteiger partial charge in [-0.2, -0.15) is 0 Å². The Balaban J connectivity index is 1.74.